The molecule has 1 aromatic carbocycles. The standard InChI is InChI=1S/C15H19F2NO2/c1-2-12-10-18(7-8-20-12)15(19)6-4-11-3-5-13(16)14(17)9-11/h3,5,9,12H,2,4,6-8,10H2,1H3/t12-/m0/s1. The molecule has 20 heavy (non-hydrogen) atoms. The van der Waals surface area contributed by atoms with Gasteiger partial charge in [0, 0.05) is 19.5 Å². The van der Waals surface area contributed by atoms with Crippen LogP contribution in [-0.2, 0) is 16.0 Å². The molecule has 5 heteroatoms. The summed E-state index contributed by atoms with van der Waals surface area (Å²) in [5, 5.41) is 0. The van der Waals surface area contributed by atoms with Gasteiger partial charge >= 0.3 is 0 Å². The minimum atomic E-state index is -0.868. The van der Waals surface area contributed by atoms with Gasteiger partial charge in [-0.15, -0.1) is 0 Å². The number of carbonyl (C=O) groups is 1. The van der Waals surface area contributed by atoms with Crippen LogP contribution in [-0.4, -0.2) is 36.6 Å². The molecule has 1 fully saturated rings. The predicted octanol–water partition coefficient (Wildman–Crippen LogP) is 2.53. The van der Waals surface area contributed by atoms with Crippen molar-refractivity contribution in [2.24, 2.45) is 0 Å². The summed E-state index contributed by atoms with van der Waals surface area (Å²) < 4.78 is 31.4. The maximum Gasteiger partial charge on any atom is 0.223 e. The van der Waals surface area contributed by atoms with Crippen LogP contribution >= 0.6 is 0 Å². The summed E-state index contributed by atoms with van der Waals surface area (Å²) in [7, 11) is 0. The fourth-order valence-corrected chi connectivity index (χ4v) is 2.30. The summed E-state index contributed by atoms with van der Waals surface area (Å²) >= 11 is 0. The third kappa shape index (κ3) is 3.76. The molecule has 2 rings (SSSR count). The lowest BCUT2D eigenvalue weighted by Gasteiger charge is -2.32. The number of aryl methyl sites for hydroxylation is 1. The Morgan fingerprint density at radius 1 is 1.40 bits per heavy atom. The second-order valence-electron chi connectivity index (χ2n) is 4.99. The van der Waals surface area contributed by atoms with Crippen molar-refractivity contribution in [2.45, 2.75) is 32.3 Å². The van der Waals surface area contributed by atoms with E-state index in [1.807, 2.05) is 6.92 Å². The molecule has 0 saturated carbocycles. The van der Waals surface area contributed by atoms with Gasteiger partial charge in [-0.1, -0.05) is 13.0 Å². The Bertz CT molecular complexity index is 479. The van der Waals surface area contributed by atoms with Crippen LogP contribution < -0.4 is 0 Å². The molecule has 0 N–H and O–H groups in total. The molecule has 1 aliphatic rings. The van der Waals surface area contributed by atoms with E-state index < -0.39 is 11.6 Å². The molecule has 0 aliphatic carbocycles. The molecule has 1 amide bonds. The third-order valence-electron chi connectivity index (χ3n) is 3.56. The first-order valence-electron chi connectivity index (χ1n) is 6.93. The van der Waals surface area contributed by atoms with Crippen LogP contribution in [0.3, 0.4) is 0 Å². The van der Waals surface area contributed by atoms with E-state index in [0.29, 0.717) is 38.1 Å². The molecule has 0 spiro atoms. The van der Waals surface area contributed by atoms with Crippen molar-refractivity contribution < 1.29 is 18.3 Å². The topological polar surface area (TPSA) is 29.5 Å². The quantitative estimate of drug-likeness (QED) is 0.850. The molecule has 0 aromatic heterocycles. The van der Waals surface area contributed by atoms with Gasteiger partial charge in [0.05, 0.1) is 12.7 Å². The molecule has 0 unspecified atom stereocenters. The van der Waals surface area contributed by atoms with Crippen molar-refractivity contribution in [3.8, 4) is 0 Å². The lowest BCUT2D eigenvalue weighted by molar-refractivity contribution is -0.138. The monoisotopic (exact) mass is 283 g/mol. The van der Waals surface area contributed by atoms with Crippen molar-refractivity contribution in [2.75, 3.05) is 19.7 Å². The largest absolute Gasteiger partial charge is 0.375 e. The van der Waals surface area contributed by atoms with Gasteiger partial charge in [-0.05, 0) is 30.5 Å². The zero-order valence-corrected chi connectivity index (χ0v) is 11.6. The van der Waals surface area contributed by atoms with Gasteiger partial charge in [-0.3, -0.25) is 4.79 Å². The first kappa shape index (κ1) is 14.9. The van der Waals surface area contributed by atoms with Gasteiger partial charge in [-0.25, -0.2) is 8.78 Å². The smallest absolute Gasteiger partial charge is 0.223 e. The lowest BCUT2D eigenvalue weighted by Crippen LogP contribution is -2.45. The second kappa shape index (κ2) is 6.79. The number of halogens is 2. The Hall–Kier alpha value is -1.49. The van der Waals surface area contributed by atoms with Crippen LogP contribution in [0.5, 0.6) is 0 Å². The molecule has 1 atom stereocenters. The Balaban J connectivity index is 1.86. The van der Waals surface area contributed by atoms with Crippen molar-refractivity contribution in [3.63, 3.8) is 0 Å². The Morgan fingerprint density at radius 2 is 2.20 bits per heavy atom. The summed E-state index contributed by atoms with van der Waals surface area (Å²) in [6.45, 7) is 3.82. The first-order valence-corrected chi connectivity index (χ1v) is 6.93. The van der Waals surface area contributed by atoms with Gasteiger partial charge < -0.3 is 9.64 Å². The number of rotatable bonds is 4. The number of hydrogen-bond donors (Lipinski definition) is 0. The molecular formula is C15H19F2NO2. The molecule has 1 aliphatic heterocycles. The number of amides is 1. The molecule has 0 radical (unpaired) electrons. The number of ether oxygens (including phenoxy) is 1. The highest BCUT2D eigenvalue weighted by Gasteiger charge is 2.22. The first-order chi connectivity index (χ1) is 9.60. The van der Waals surface area contributed by atoms with Crippen LogP contribution in [0.25, 0.3) is 0 Å². The molecule has 3 nitrogen and oxygen atoms in total. The van der Waals surface area contributed by atoms with Gasteiger partial charge in [0.15, 0.2) is 11.6 Å². The average molecular weight is 283 g/mol. The average Bonchev–Trinajstić information content (AvgIpc) is 2.48. The number of nitrogens with zero attached hydrogens (tertiary/aromatic N) is 1. The van der Waals surface area contributed by atoms with Crippen molar-refractivity contribution >= 4 is 5.91 Å². The summed E-state index contributed by atoms with van der Waals surface area (Å²) in [5.41, 5.74) is 0.637. The second-order valence-corrected chi connectivity index (χ2v) is 4.99. The Kier molecular flexibility index (Phi) is 5.06. The molecule has 110 valence electrons. The van der Waals surface area contributed by atoms with Crippen LogP contribution in [0.15, 0.2) is 18.2 Å². The van der Waals surface area contributed by atoms with Crippen LogP contribution in [0.4, 0.5) is 8.78 Å². The maximum atomic E-state index is 13.1. The minimum Gasteiger partial charge on any atom is -0.375 e. The van der Waals surface area contributed by atoms with Crippen LogP contribution in [0.1, 0.15) is 25.3 Å². The SMILES string of the molecule is CC[C@H]1CN(C(=O)CCc2ccc(F)c(F)c2)CCO1. The van der Waals surface area contributed by atoms with E-state index in [1.54, 1.807) is 4.90 Å². The van der Waals surface area contributed by atoms with Gasteiger partial charge in [-0.2, -0.15) is 0 Å². The summed E-state index contributed by atoms with van der Waals surface area (Å²) in [6.07, 6.45) is 1.72. The fourth-order valence-electron chi connectivity index (χ4n) is 2.30. The van der Waals surface area contributed by atoms with Gasteiger partial charge in [0.1, 0.15) is 0 Å². The van der Waals surface area contributed by atoms with E-state index >= 15 is 0 Å². The van der Waals surface area contributed by atoms with Gasteiger partial charge in [0.2, 0.25) is 5.91 Å². The van der Waals surface area contributed by atoms with Crippen molar-refractivity contribution in [3.05, 3.63) is 35.4 Å². The molecular weight excluding hydrogens is 264 g/mol. The number of benzene rings is 1. The van der Waals surface area contributed by atoms with E-state index in [1.165, 1.54) is 6.07 Å². The van der Waals surface area contributed by atoms with Crippen LogP contribution in [0, 0.1) is 11.6 Å². The van der Waals surface area contributed by atoms with Crippen molar-refractivity contribution in [1.82, 2.24) is 4.90 Å². The zero-order chi connectivity index (χ0) is 14.5. The molecule has 1 saturated heterocycles. The highest BCUT2D eigenvalue weighted by atomic mass is 19.2. The molecule has 0 bridgehead atoms. The number of hydrogen-bond acceptors (Lipinski definition) is 2. The van der Waals surface area contributed by atoms with Crippen molar-refractivity contribution in [1.29, 1.82) is 0 Å². The van der Waals surface area contributed by atoms with E-state index in [0.717, 1.165) is 18.6 Å². The highest BCUT2D eigenvalue weighted by Crippen LogP contribution is 2.13. The molecule has 1 heterocycles. The van der Waals surface area contributed by atoms with E-state index in [9.17, 15) is 13.6 Å². The Morgan fingerprint density at radius 3 is 2.90 bits per heavy atom. The maximum absolute atomic E-state index is 13.1. The number of carbonyl (C=O) groups excluding carboxylic acids is 1. The molecule has 1 aromatic rings. The Labute approximate surface area is 117 Å². The normalized spacial score (nSPS) is 19.1. The van der Waals surface area contributed by atoms with Gasteiger partial charge in [0.25, 0.3) is 0 Å². The van der Waals surface area contributed by atoms with E-state index in [-0.39, 0.29) is 12.0 Å². The minimum absolute atomic E-state index is 0.0384. The summed E-state index contributed by atoms with van der Waals surface area (Å²) in [4.78, 5) is 13.9. The summed E-state index contributed by atoms with van der Waals surface area (Å²) in [5.74, 6) is -1.69. The third-order valence-corrected chi connectivity index (χ3v) is 3.56. The highest BCUT2D eigenvalue weighted by molar-refractivity contribution is 5.76. The van der Waals surface area contributed by atoms with E-state index in [4.69, 9.17) is 4.74 Å². The number of morpholine rings is 1. The summed E-state index contributed by atoms with van der Waals surface area (Å²) in [6, 6.07) is 3.76. The predicted molar refractivity (Wildman–Crippen MR) is 71.3 cm³/mol. The zero-order valence-electron chi connectivity index (χ0n) is 11.6. The van der Waals surface area contributed by atoms with E-state index in [2.05, 4.69) is 0 Å². The fraction of sp³-hybridized carbons (Fsp3) is 0.533. The lowest BCUT2D eigenvalue weighted by atomic mass is 10.1. The van der Waals surface area contributed by atoms with Crippen LogP contribution in [0.2, 0.25) is 0 Å².